The largest absolute Gasteiger partial charge is 0.455 e. The van der Waals surface area contributed by atoms with Crippen molar-refractivity contribution in [2.45, 2.75) is 32.5 Å². The molecule has 1 atom stereocenters. The van der Waals surface area contributed by atoms with Gasteiger partial charge >= 0.3 is 12.0 Å². The lowest BCUT2D eigenvalue weighted by Crippen LogP contribution is -2.38. The maximum Gasteiger partial charge on any atom is 0.338 e. The van der Waals surface area contributed by atoms with Gasteiger partial charge in [-0.3, -0.25) is 4.79 Å². The number of anilines is 1. The highest BCUT2D eigenvalue weighted by atomic mass is 35.5. The summed E-state index contributed by atoms with van der Waals surface area (Å²) in [6, 6.07) is 13.9. The molecule has 4 rings (SSSR count). The summed E-state index contributed by atoms with van der Waals surface area (Å²) in [6.07, 6.45) is 0.295. The Morgan fingerprint density at radius 1 is 1.13 bits per heavy atom. The van der Waals surface area contributed by atoms with E-state index >= 15 is 0 Å². The van der Waals surface area contributed by atoms with Crippen LogP contribution in [-0.4, -0.2) is 30.8 Å². The van der Waals surface area contributed by atoms with E-state index in [4.69, 9.17) is 31.5 Å². The number of hydrogen-bond donors (Lipinski definition) is 1. The second-order valence-electron chi connectivity index (χ2n) is 8.24. The summed E-state index contributed by atoms with van der Waals surface area (Å²) in [5.41, 5.74) is 6.32. The number of benzene rings is 2. The second kappa shape index (κ2) is 12.2. The number of hydrogen-bond acceptors (Lipinski definition) is 7. The van der Waals surface area contributed by atoms with Gasteiger partial charge in [0.25, 0.3) is 5.91 Å². The van der Waals surface area contributed by atoms with Crippen molar-refractivity contribution in [1.82, 2.24) is 0 Å². The molecule has 3 amide bonds. The van der Waals surface area contributed by atoms with Gasteiger partial charge in [-0.25, -0.2) is 18.9 Å². The van der Waals surface area contributed by atoms with Crippen LogP contribution in [0.5, 0.6) is 0 Å². The number of thiophene rings is 1. The molecule has 2 N–H and O–H groups in total. The van der Waals surface area contributed by atoms with Gasteiger partial charge in [0.1, 0.15) is 5.82 Å². The standard InChI is InChI=1S/C27H24ClFN2O6S/c1-2-7-21(35-14-16-8-4-3-5-9-16)26(33)37-15-36-24(22-10-6-11-38-22)23-17-12-19(29)18(28)13-20(17)31(25(23)32)27(30)34/h3-6,8-13,21H,2,7,14-15H2,1H3,(H2,30,34)/b24-23+. The molecule has 0 radical (unpaired) electrons. The zero-order valence-electron chi connectivity index (χ0n) is 20.3. The van der Waals surface area contributed by atoms with Gasteiger partial charge in [-0.05, 0) is 35.6 Å². The number of imide groups is 1. The van der Waals surface area contributed by atoms with Gasteiger partial charge in [-0.1, -0.05) is 61.3 Å². The lowest BCUT2D eigenvalue weighted by molar-refractivity contribution is -0.166. The number of rotatable bonds is 10. The minimum Gasteiger partial charge on any atom is -0.455 e. The van der Waals surface area contributed by atoms with Crippen LogP contribution in [0, 0.1) is 5.82 Å². The number of nitrogens with zero attached hydrogens (tertiary/aromatic N) is 1. The summed E-state index contributed by atoms with van der Waals surface area (Å²) >= 11 is 7.13. The molecule has 2 aromatic carbocycles. The first-order valence-electron chi connectivity index (χ1n) is 11.7. The van der Waals surface area contributed by atoms with E-state index in [1.807, 2.05) is 37.3 Å². The molecule has 0 saturated carbocycles. The lowest BCUT2D eigenvalue weighted by Gasteiger charge is -2.18. The molecule has 0 saturated heterocycles. The molecule has 2 heterocycles. The van der Waals surface area contributed by atoms with E-state index in [9.17, 15) is 18.8 Å². The van der Waals surface area contributed by atoms with E-state index in [-0.39, 0.29) is 34.2 Å². The Balaban J connectivity index is 1.57. The number of ether oxygens (including phenoxy) is 3. The third-order valence-corrected chi connectivity index (χ3v) is 6.83. The number of nitrogens with two attached hydrogens (primary N) is 1. The Kier molecular flexibility index (Phi) is 8.77. The van der Waals surface area contributed by atoms with Gasteiger partial charge in [0, 0.05) is 5.56 Å². The van der Waals surface area contributed by atoms with E-state index in [2.05, 4.69) is 0 Å². The smallest absolute Gasteiger partial charge is 0.338 e. The van der Waals surface area contributed by atoms with Crippen molar-refractivity contribution in [1.29, 1.82) is 0 Å². The van der Waals surface area contributed by atoms with Gasteiger partial charge in [-0.2, -0.15) is 0 Å². The van der Waals surface area contributed by atoms with E-state index in [0.29, 0.717) is 22.6 Å². The molecule has 1 aliphatic heterocycles. The van der Waals surface area contributed by atoms with Gasteiger partial charge < -0.3 is 19.9 Å². The molecule has 3 aromatic rings. The zero-order valence-corrected chi connectivity index (χ0v) is 21.9. The van der Waals surface area contributed by atoms with Crippen LogP contribution in [-0.2, 0) is 30.4 Å². The first-order chi connectivity index (χ1) is 18.3. The van der Waals surface area contributed by atoms with Crippen LogP contribution < -0.4 is 10.6 Å². The Morgan fingerprint density at radius 3 is 2.55 bits per heavy atom. The normalized spacial score (nSPS) is 14.7. The number of carbonyl (C=O) groups excluding carboxylic acids is 3. The molecule has 8 nitrogen and oxygen atoms in total. The fraction of sp³-hybridized carbons (Fsp3) is 0.222. The molecule has 1 aliphatic rings. The van der Waals surface area contributed by atoms with Crippen LogP contribution in [0.4, 0.5) is 14.9 Å². The van der Waals surface area contributed by atoms with Crippen molar-refractivity contribution < 1.29 is 33.0 Å². The number of fused-ring (bicyclic) bond motifs is 1. The van der Waals surface area contributed by atoms with Crippen LogP contribution in [0.3, 0.4) is 0 Å². The average Bonchev–Trinajstić information content (AvgIpc) is 3.52. The van der Waals surface area contributed by atoms with Crippen molar-refractivity contribution in [3.05, 3.63) is 86.8 Å². The molecule has 0 fully saturated rings. The molecular weight excluding hydrogens is 535 g/mol. The van der Waals surface area contributed by atoms with Crippen LogP contribution >= 0.6 is 22.9 Å². The van der Waals surface area contributed by atoms with E-state index < -0.39 is 36.6 Å². The Hall–Kier alpha value is -3.73. The van der Waals surface area contributed by atoms with Crippen LogP contribution in [0.25, 0.3) is 11.3 Å². The Bertz CT molecular complexity index is 1360. The fourth-order valence-electron chi connectivity index (χ4n) is 3.91. The Morgan fingerprint density at radius 2 is 1.89 bits per heavy atom. The van der Waals surface area contributed by atoms with Crippen molar-refractivity contribution in [2.24, 2.45) is 5.73 Å². The molecule has 1 unspecified atom stereocenters. The minimum absolute atomic E-state index is 0.00164. The zero-order chi connectivity index (χ0) is 27.2. The van der Waals surface area contributed by atoms with Gasteiger partial charge in [0.2, 0.25) is 6.79 Å². The third kappa shape index (κ3) is 5.88. The van der Waals surface area contributed by atoms with Gasteiger partial charge in [0.15, 0.2) is 11.9 Å². The number of urea groups is 1. The lowest BCUT2D eigenvalue weighted by atomic mass is 10.0. The second-order valence-corrected chi connectivity index (χ2v) is 9.60. The minimum atomic E-state index is -1.07. The number of esters is 1. The van der Waals surface area contributed by atoms with E-state index in [0.717, 1.165) is 17.7 Å². The average molecular weight is 559 g/mol. The molecule has 38 heavy (non-hydrogen) atoms. The summed E-state index contributed by atoms with van der Waals surface area (Å²) in [5.74, 6) is -2.24. The van der Waals surface area contributed by atoms with Gasteiger partial charge in [-0.15, -0.1) is 11.3 Å². The van der Waals surface area contributed by atoms with E-state index in [1.165, 1.54) is 11.3 Å². The molecule has 0 aliphatic carbocycles. The maximum atomic E-state index is 14.4. The monoisotopic (exact) mass is 558 g/mol. The number of halogens is 2. The van der Waals surface area contributed by atoms with Crippen LogP contribution in [0.1, 0.15) is 35.8 Å². The first-order valence-corrected chi connectivity index (χ1v) is 12.9. The summed E-state index contributed by atoms with van der Waals surface area (Å²) in [5, 5.41) is 1.46. The summed E-state index contributed by atoms with van der Waals surface area (Å²) < 4.78 is 31.3. The highest BCUT2D eigenvalue weighted by Gasteiger charge is 2.40. The molecule has 0 bridgehead atoms. The van der Waals surface area contributed by atoms with Crippen LogP contribution in [0.2, 0.25) is 5.02 Å². The van der Waals surface area contributed by atoms with Crippen molar-refractivity contribution >= 4 is 57.9 Å². The molecule has 0 spiro atoms. The fourth-order valence-corrected chi connectivity index (χ4v) is 4.80. The molecular formula is C27H24ClFN2O6S. The van der Waals surface area contributed by atoms with Crippen molar-refractivity contribution in [3.63, 3.8) is 0 Å². The molecule has 11 heteroatoms. The maximum absolute atomic E-state index is 14.4. The highest BCUT2D eigenvalue weighted by molar-refractivity contribution is 7.11. The Labute approximate surface area is 227 Å². The third-order valence-electron chi connectivity index (χ3n) is 5.67. The number of primary amides is 1. The predicted molar refractivity (Wildman–Crippen MR) is 142 cm³/mol. The van der Waals surface area contributed by atoms with Crippen LogP contribution in [0.15, 0.2) is 60.0 Å². The van der Waals surface area contributed by atoms with Crippen molar-refractivity contribution in [2.75, 3.05) is 11.7 Å². The predicted octanol–water partition coefficient (Wildman–Crippen LogP) is 5.74. The molecule has 198 valence electrons. The quantitative estimate of drug-likeness (QED) is 0.147. The van der Waals surface area contributed by atoms with Gasteiger partial charge in [0.05, 0.1) is 27.8 Å². The number of carbonyl (C=O) groups is 3. The van der Waals surface area contributed by atoms with Crippen molar-refractivity contribution in [3.8, 4) is 0 Å². The van der Waals surface area contributed by atoms with E-state index in [1.54, 1.807) is 17.5 Å². The summed E-state index contributed by atoms with van der Waals surface area (Å²) in [6.45, 7) is 1.59. The number of amides is 3. The topological polar surface area (TPSA) is 108 Å². The summed E-state index contributed by atoms with van der Waals surface area (Å²) in [7, 11) is 0. The highest BCUT2D eigenvalue weighted by Crippen LogP contribution is 2.43. The molecule has 1 aromatic heterocycles. The summed E-state index contributed by atoms with van der Waals surface area (Å²) in [4.78, 5) is 39.3. The SMILES string of the molecule is CCCC(OCc1ccccc1)C(=O)OCO/C(=C1/C(=O)N(C(N)=O)c2cc(Cl)c(F)cc21)c1cccs1. The first kappa shape index (κ1) is 27.3.